The van der Waals surface area contributed by atoms with Gasteiger partial charge in [-0.2, -0.15) is 0 Å². The molecule has 3 N–H and O–H groups in total. The number of imide groups is 1. The van der Waals surface area contributed by atoms with Crippen LogP contribution in [0.25, 0.3) is 0 Å². The highest BCUT2D eigenvalue weighted by Gasteiger charge is 2.44. The molecule has 3 aromatic rings. The van der Waals surface area contributed by atoms with Gasteiger partial charge in [0.2, 0.25) is 17.7 Å². The van der Waals surface area contributed by atoms with Gasteiger partial charge in [-0.05, 0) is 48.6 Å². The average molecular weight is 506 g/mol. The second-order valence-electron chi connectivity index (χ2n) is 9.36. The zero-order valence-corrected chi connectivity index (χ0v) is 20.4. The van der Waals surface area contributed by atoms with E-state index in [4.69, 9.17) is 5.73 Å². The smallest absolute Gasteiger partial charge is 0.246 e. The Morgan fingerprint density at radius 2 is 1.51 bits per heavy atom. The fourth-order valence-electron chi connectivity index (χ4n) is 4.91. The third-order valence-electron chi connectivity index (χ3n) is 6.61. The van der Waals surface area contributed by atoms with Crippen molar-refractivity contribution >= 4 is 17.7 Å². The number of rotatable bonds is 6. The lowest BCUT2D eigenvalue weighted by Gasteiger charge is -2.34. The highest BCUT2D eigenvalue weighted by molar-refractivity contribution is 6.03. The molecule has 4 rings (SSSR count). The molecule has 0 aliphatic carbocycles. The van der Waals surface area contributed by atoms with Gasteiger partial charge in [0, 0.05) is 12.0 Å². The Bertz CT molecular complexity index is 1250. The maximum Gasteiger partial charge on any atom is 0.246 e. The van der Waals surface area contributed by atoms with Crippen LogP contribution in [-0.2, 0) is 20.8 Å². The molecule has 4 atom stereocenters. The van der Waals surface area contributed by atoms with Gasteiger partial charge in [-0.25, -0.2) is 8.78 Å². The fraction of sp³-hybridized carbons (Fsp3) is 0.276. The summed E-state index contributed by atoms with van der Waals surface area (Å²) in [5.41, 5.74) is 7.67. The first-order valence-corrected chi connectivity index (χ1v) is 12.2. The topological polar surface area (TPSA) is 92.5 Å². The normalized spacial score (nSPS) is 20.4. The van der Waals surface area contributed by atoms with E-state index in [-0.39, 0.29) is 11.6 Å². The molecular weight excluding hydrogens is 476 g/mol. The maximum atomic E-state index is 13.8. The first-order valence-electron chi connectivity index (χ1n) is 12.2. The molecule has 0 radical (unpaired) electrons. The van der Waals surface area contributed by atoms with Crippen LogP contribution in [0.1, 0.15) is 48.4 Å². The van der Waals surface area contributed by atoms with Gasteiger partial charge in [-0.15, -0.1) is 0 Å². The fourth-order valence-corrected chi connectivity index (χ4v) is 4.91. The zero-order chi connectivity index (χ0) is 26.5. The van der Waals surface area contributed by atoms with E-state index in [0.29, 0.717) is 18.9 Å². The number of nitrogens with zero attached hydrogens (tertiary/aromatic N) is 1. The van der Waals surface area contributed by atoms with Crippen molar-refractivity contribution in [2.24, 2.45) is 5.73 Å². The summed E-state index contributed by atoms with van der Waals surface area (Å²) in [6.45, 7) is 1.43. The molecule has 192 valence electrons. The third kappa shape index (κ3) is 6.09. The molecule has 1 fully saturated rings. The van der Waals surface area contributed by atoms with Gasteiger partial charge >= 0.3 is 0 Å². The Hall–Kier alpha value is -3.91. The molecule has 3 amide bonds. The van der Waals surface area contributed by atoms with Crippen molar-refractivity contribution in [3.05, 3.63) is 107 Å². The van der Waals surface area contributed by atoms with E-state index in [0.717, 1.165) is 28.2 Å². The van der Waals surface area contributed by atoms with Crippen LogP contribution in [0.4, 0.5) is 8.78 Å². The van der Waals surface area contributed by atoms with Crippen LogP contribution in [0.15, 0.2) is 78.9 Å². The number of carbonyl (C=O) groups excluding carboxylic acids is 3. The Balaban J connectivity index is 1.76. The molecule has 0 aromatic heterocycles. The number of carbonyl (C=O) groups is 3. The molecule has 0 unspecified atom stereocenters. The molecule has 0 saturated carbocycles. The van der Waals surface area contributed by atoms with Crippen molar-refractivity contribution in [1.29, 1.82) is 0 Å². The lowest BCUT2D eigenvalue weighted by Crippen LogP contribution is -2.57. The minimum atomic E-state index is -1.19. The largest absolute Gasteiger partial charge is 0.347 e. The summed E-state index contributed by atoms with van der Waals surface area (Å²) in [7, 11) is 0. The minimum absolute atomic E-state index is 0.0532. The van der Waals surface area contributed by atoms with Gasteiger partial charge in [0.05, 0.1) is 18.5 Å². The highest BCUT2D eigenvalue weighted by atomic mass is 19.1. The first-order chi connectivity index (χ1) is 17.7. The third-order valence-corrected chi connectivity index (χ3v) is 6.61. The van der Waals surface area contributed by atoms with E-state index in [1.807, 2.05) is 60.7 Å². The number of amides is 3. The predicted octanol–water partition coefficient (Wildman–Crippen LogP) is 4.01. The summed E-state index contributed by atoms with van der Waals surface area (Å²) in [4.78, 5) is 41.6. The van der Waals surface area contributed by atoms with Crippen molar-refractivity contribution in [3.63, 3.8) is 0 Å². The minimum Gasteiger partial charge on any atom is -0.347 e. The van der Waals surface area contributed by atoms with E-state index in [2.05, 4.69) is 5.32 Å². The Labute approximate surface area is 214 Å². The summed E-state index contributed by atoms with van der Waals surface area (Å²) >= 11 is 0. The second kappa shape index (κ2) is 11.4. The number of nitrogens with one attached hydrogen (secondary N) is 1. The highest BCUT2D eigenvalue weighted by Crippen LogP contribution is 2.36. The van der Waals surface area contributed by atoms with Gasteiger partial charge in [0.1, 0.15) is 17.7 Å². The van der Waals surface area contributed by atoms with E-state index in [1.54, 1.807) is 0 Å². The molecule has 37 heavy (non-hydrogen) atoms. The number of hydrogen-bond donors (Lipinski definition) is 2. The molecule has 8 heteroatoms. The lowest BCUT2D eigenvalue weighted by atomic mass is 9.85. The van der Waals surface area contributed by atoms with Crippen LogP contribution in [0.3, 0.4) is 0 Å². The summed E-state index contributed by atoms with van der Waals surface area (Å²) in [5, 5.41) is 3.01. The number of nitrogens with two attached hydrogens (primary N) is 1. The van der Waals surface area contributed by atoms with Crippen LogP contribution in [0, 0.1) is 11.6 Å². The predicted molar refractivity (Wildman–Crippen MR) is 135 cm³/mol. The second-order valence-corrected chi connectivity index (χ2v) is 9.36. The summed E-state index contributed by atoms with van der Waals surface area (Å²) in [6.07, 6.45) is 0.605. The van der Waals surface area contributed by atoms with Crippen molar-refractivity contribution < 1.29 is 23.2 Å². The summed E-state index contributed by atoms with van der Waals surface area (Å²) < 4.78 is 27.6. The molecule has 1 aliphatic rings. The van der Waals surface area contributed by atoms with Crippen molar-refractivity contribution in [2.75, 3.05) is 0 Å². The van der Waals surface area contributed by atoms with Crippen LogP contribution in [0.2, 0.25) is 0 Å². The number of benzene rings is 3. The van der Waals surface area contributed by atoms with Crippen LogP contribution in [0.5, 0.6) is 0 Å². The van der Waals surface area contributed by atoms with Crippen LogP contribution < -0.4 is 11.1 Å². The molecule has 1 heterocycles. The summed E-state index contributed by atoms with van der Waals surface area (Å²) in [6, 6.07) is 18.9. The molecular formula is C29H29F2N3O3. The molecule has 3 aromatic carbocycles. The standard InChI is InChI=1S/C29H29F2N3O3/c1-18(32)29(37)34(26(35)16-19-14-22(30)17-23(31)15-19)27-24(20-8-4-2-5-9-20)12-13-25(33-28(27)36)21-10-6-3-7-11-21/h2-11,14-15,17-18,24-25,27H,12-13,16,32H2,1H3,(H,33,36)/t18-,24+,25+,27-/m0/s1. The van der Waals surface area contributed by atoms with E-state index in [1.165, 1.54) is 6.92 Å². The van der Waals surface area contributed by atoms with E-state index < -0.39 is 53.8 Å². The molecule has 0 bridgehead atoms. The van der Waals surface area contributed by atoms with Gasteiger partial charge in [-0.1, -0.05) is 60.7 Å². The molecule has 6 nitrogen and oxygen atoms in total. The van der Waals surface area contributed by atoms with E-state index >= 15 is 0 Å². The van der Waals surface area contributed by atoms with Gasteiger partial charge < -0.3 is 11.1 Å². The number of hydrogen-bond acceptors (Lipinski definition) is 4. The Kier molecular flexibility index (Phi) is 8.08. The average Bonchev–Trinajstić information content (AvgIpc) is 3.03. The quantitative estimate of drug-likeness (QED) is 0.530. The van der Waals surface area contributed by atoms with Gasteiger partial charge in [-0.3, -0.25) is 19.3 Å². The van der Waals surface area contributed by atoms with Crippen molar-refractivity contribution in [2.45, 2.75) is 50.2 Å². The van der Waals surface area contributed by atoms with Gasteiger partial charge in [0.25, 0.3) is 0 Å². The monoisotopic (exact) mass is 505 g/mol. The van der Waals surface area contributed by atoms with Gasteiger partial charge in [0.15, 0.2) is 0 Å². The van der Waals surface area contributed by atoms with Crippen molar-refractivity contribution in [1.82, 2.24) is 10.2 Å². The lowest BCUT2D eigenvalue weighted by molar-refractivity contribution is -0.153. The SMILES string of the molecule is C[C@H](N)C(=O)N(C(=O)Cc1cc(F)cc(F)c1)[C@@H]1C(=O)N[C@@H](c2ccccc2)CC[C@@H]1c1ccccc1. The molecule has 0 spiro atoms. The molecule has 1 aliphatic heterocycles. The first kappa shape index (κ1) is 26.2. The zero-order valence-electron chi connectivity index (χ0n) is 20.4. The molecule has 1 saturated heterocycles. The Morgan fingerprint density at radius 3 is 2.08 bits per heavy atom. The number of halogens is 2. The van der Waals surface area contributed by atoms with Crippen LogP contribution >= 0.6 is 0 Å². The summed E-state index contributed by atoms with van der Waals surface area (Å²) in [5.74, 6) is -4.17. The van der Waals surface area contributed by atoms with Crippen LogP contribution in [-0.4, -0.2) is 34.7 Å². The Morgan fingerprint density at radius 1 is 0.946 bits per heavy atom. The van der Waals surface area contributed by atoms with Crippen molar-refractivity contribution in [3.8, 4) is 0 Å². The van der Waals surface area contributed by atoms with E-state index in [9.17, 15) is 23.2 Å². The maximum absolute atomic E-state index is 13.8.